The summed E-state index contributed by atoms with van der Waals surface area (Å²) < 4.78 is 0. The van der Waals surface area contributed by atoms with Crippen LogP contribution in [0.1, 0.15) is 25.7 Å². The lowest BCUT2D eigenvalue weighted by atomic mass is 10.1. The van der Waals surface area contributed by atoms with E-state index in [0.717, 1.165) is 19.3 Å². The minimum Gasteiger partial charge on any atom is -0.465 e. The van der Waals surface area contributed by atoms with Gasteiger partial charge in [0.15, 0.2) is 0 Å². The molecule has 1 saturated carbocycles. The second kappa shape index (κ2) is 3.09. The molecule has 0 spiro atoms. The van der Waals surface area contributed by atoms with Gasteiger partial charge in [0.25, 0.3) is 0 Å². The Morgan fingerprint density at radius 2 is 2.18 bits per heavy atom. The SMILES string of the molecule is O=C(O)NC1(CCCO)CC1. The van der Waals surface area contributed by atoms with E-state index in [9.17, 15) is 4.79 Å². The Bertz CT molecular complexity index is 154. The van der Waals surface area contributed by atoms with Crippen LogP contribution in [0.3, 0.4) is 0 Å². The molecule has 1 aliphatic carbocycles. The summed E-state index contributed by atoms with van der Waals surface area (Å²) in [7, 11) is 0. The third-order valence-electron chi connectivity index (χ3n) is 2.04. The minimum absolute atomic E-state index is 0.142. The fourth-order valence-electron chi connectivity index (χ4n) is 1.23. The summed E-state index contributed by atoms with van der Waals surface area (Å²) >= 11 is 0. The van der Waals surface area contributed by atoms with Crippen LogP contribution in [-0.4, -0.2) is 28.5 Å². The number of amides is 1. The minimum atomic E-state index is -0.958. The number of carbonyl (C=O) groups is 1. The highest BCUT2D eigenvalue weighted by atomic mass is 16.4. The highest BCUT2D eigenvalue weighted by molar-refractivity contribution is 5.66. The molecule has 1 aliphatic rings. The Morgan fingerprint density at radius 3 is 2.55 bits per heavy atom. The van der Waals surface area contributed by atoms with Crippen molar-refractivity contribution in [1.82, 2.24) is 5.32 Å². The van der Waals surface area contributed by atoms with E-state index in [1.54, 1.807) is 0 Å². The van der Waals surface area contributed by atoms with E-state index in [1.165, 1.54) is 0 Å². The van der Waals surface area contributed by atoms with Gasteiger partial charge in [-0.05, 0) is 25.7 Å². The molecule has 0 atom stereocenters. The molecule has 0 bridgehead atoms. The smallest absolute Gasteiger partial charge is 0.405 e. The normalized spacial score (nSPS) is 19.4. The molecular formula is C7H13NO3. The van der Waals surface area contributed by atoms with Crippen LogP contribution in [0.15, 0.2) is 0 Å². The molecule has 0 aliphatic heterocycles. The molecule has 0 aromatic carbocycles. The molecule has 4 heteroatoms. The summed E-state index contributed by atoms with van der Waals surface area (Å²) in [6.45, 7) is 0.142. The molecule has 11 heavy (non-hydrogen) atoms. The molecule has 4 nitrogen and oxygen atoms in total. The third-order valence-corrected chi connectivity index (χ3v) is 2.04. The summed E-state index contributed by atoms with van der Waals surface area (Å²) in [4.78, 5) is 10.2. The van der Waals surface area contributed by atoms with Gasteiger partial charge in [0, 0.05) is 12.1 Å². The predicted octanol–water partition coefficient (Wildman–Crippen LogP) is 0.559. The summed E-state index contributed by atoms with van der Waals surface area (Å²) in [6, 6.07) is 0. The van der Waals surface area contributed by atoms with Gasteiger partial charge in [-0.25, -0.2) is 4.79 Å². The zero-order chi connectivity index (χ0) is 8.32. The Balaban J connectivity index is 2.23. The zero-order valence-electron chi connectivity index (χ0n) is 6.34. The van der Waals surface area contributed by atoms with Crippen molar-refractivity contribution in [3.8, 4) is 0 Å². The maximum atomic E-state index is 10.2. The van der Waals surface area contributed by atoms with Crippen LogP contribution < -0.4 is 5.32 Å². The number of carboxylic acid groups (broad SMARTS) is 1. The molecule has 0 unspecified atom stereocenters. The van der Waals surface area contributed by atoms with E-state index in [2.05, 4.69) is 5.32 Å². The van der Waals surface area contributed by atoms with Crippen LogP contribution in [0.25, 0.3) is 0 Å². The molecule has 0 radical (unpaired) electrons. The second-order valence-corrected chi connectivity index (χ2v) is 3.04. The first-order chi connectivity index (χ1) is 5.18. The lowest BCUT2D eigenvalue weighted by Gasteiger charge is -2.13. The molecule has 64 valence electrons. The fraction of sp³-hybridized carbons (Fsp3) is 0.857. The number of nitrogens with one attached hydrogen (secondary N) is 1. The lowest BCUT2D eigenvalue weighted by molar-refractivity contribution is 0.185. The van der Waals surface area contributed by atoms with Gasteiger partial charge < -0.3 is 15.5 Å². The van der Waals surface area contributed by atoms with Gasteiger partial charge in [0.1, 0.15) is 0 Å². The van der Waals surface area contributed by atoms with Crippen molar-refractivity contribution in [2.24, 2.45) is 0 Å². The molecule has 0 saturated heterocycles. The van der Waals surface area contributed by atoms with Gasteiger partial charge >= 0.3 is 6.09 Å². The van der Waals surface area contributed by atoms with Crippen molar-refractivity contribution >= 4 is 6.09 Å². The van der Waals surface area contributed by atoms with Crippen molar-refractivity contribution in [1.29, 1.82) is 0 Å². The van der Waals surface area contributed by atoms with Crippen LogP contribution >= 0.6 is 0 Å². The second-order valence-electron chi connectivity index (χ2n) is 3.04. The number of hydrogen-bond donors (Lipinski definition) is 3. The zero-order valence-corrected chi connectivity index (χ0v) is 6.34. The molecule has 1 rings (SSSR count). The Kier molecular flexibility index (Phi) is 2.34. The number of hydrogen-bond acceptors (Lipinski definition) is 2. The molecule has 1 amide bonds. The van der Waals surface area contributed by atoms with Crippen molar-refractivity contribution in [3.05, 3.63) is 0 Å². The lowest BCUT2D eigenvalue weighted by Crippen LogP contribution is -2.35. The summed E-state index contributed by atoms with van der Waals surface area (Å²) in [5, 5.41) is 19.4. The van der Waals surface area contributed by atoms with E-state index in [1.807, 2.05) is 0 Å². The number of aliphatic hydroxyl groups is 1. The molecule has 0 aromatic rings. The molecule has 3 N–H and O–H groups in total. The van der Waals surface area contributed by atoms with Gasteiger partial charge in [-0.1, -0.05) is 0 Å². The Morgan fingerprint density at radius 1 is 1.55 bits per heavy atom. The van der Waals surface area contributed by atoms with Gasteiger partial charge in [-0.15, -0.1) is 0 Å². The van der Waals surface area contributed by atoms with Crippen molar-refractivity contribution in [2.75, 3.05) is 6.61 Å². The summed E-state index contributed by atoms with van der Waals surface area (Å²) in [5.74, 6) is 0. The van der Waals surface area contributed by atoms with Crippen LogP contribution in [0, 0.1) is 0 Å². The first-order valence-electron chi connectivity index (χ1n) is 3.80. The molecule has 0 aromatic heterocycles. The van der Waals surface area contributed by atoms with E-state index >= 15 is 0 Å². The Hall–Kier alpha value is -0.770. The first kappa shape index (κ1) is 8.33. The molecule has 1 fully saturated rings. The van der Waals surface area contributed by atoms with Crippen LogP contribution in [-0.2, 0) is 0 Å². The van der Waals surface area contributed by atoms with Gasteiger partial charge in [-0.3, -0.25) is 0 Å². The van der Waals surface area contributed by atoms with Crippen molar-refractivity contribution in [2.45, 2.75) is 31.2 Å². The van der Waals surface area contributed by atoms with Crippen LogP contribution in [0.5, 0.6) is 0 Å². The van der Waals surface area contributed by atoms with Crippen LogP contribution in [0.4, 0.5) is 4.79 Å². The van der Waals surface area contributed by atoms with Gasteiger partial charge in [-0.2, -0.15) is 0 Å². The van der Waals surface area contributed by atoms with Crippen molar-refractivity contribution in [3.63, 3.8) is 0 Å². The monoisotopic (exact) mass is 159 g/mol. The van der Waals surface area contributed by atoms with Crippen molar-refractivity contribution < 1.29 is 15.0 Å². The predicted molar refractivity (Wildman–Crippen MR) is 39.4 cm³/mol. The standard InChI is InChI=1S/C7H13NO3/c9-5-1-2-7(3-4-7)8-6(10)11/h8-9H,1-5H2,(H,10,11). The van der Waals surface area contributed by atoms with Gasteiger partial charge in [0.05, 0.1) is 0 Å². The highest BCUT2D eigenvalue weighted by Crippen LogP contribution is 2.39. The van der Waals surface area contributed by atoms with Gasteiger partial charge in [0.2, 0.25) is 0 Å². The average molecular weight is 159 g/mol. The average Bonchev–Trinajstić information content (AvgIpc) is 2.64. The molecule has 0 heterocycles. The highest BCUT2D eigenvalue weighted by Gasteiger charge is 2.43. The summed E-state index contributed by atoms with van der Waals surface area (Å²) in [6.07, 6.45) is 2.31. The number of aliphatic hydroxyl groups excluding tert-OH is 1. The quantitative estimate of drug-likeness (QED) is 0.561. The van der Waals surface area contributed by atoms with Crippen LogP contribution in [0.2, 0.25) is 0 Å². The first-order valence-corrected chi connectivity index (χ1v) is 3.80. The third kappa shape index (κ3) is 2.38. The summed E-state index contributed by atoms with van der Waals surface area (Å²) in [5.41, 5.74) is -0.186. The van der Waals surface area contributed by atoms with E-state index in [4.69, 9.17) is 10.2 Å². The Labute approximate surface area is 65.2 Å². The number of rotatable bonds is 4. The largest absolute Gasteiger partial charge is 0.465 e. The van der Waals surface area contributed by atoms with E-state index < -0.39 is 6.09 Å². The maximum Gasteiger partial charge on any atom is 0.405 e. The van der Waals surface area contributed by atoms with E-state index in [0.29, 0.717) is 6.42 Å². The topological polar surface area (TPSA) is 69.6 Å². The van der Waals surface area contributed by atoms with E-state index in [-0.39, 0.29) is 12.1 Å². The fourth-order valence-corrected chi connectivity index (χ4v) is 1.23. The maximum absolute atomic E-state index is 10.2. The molecular weight excluding hydrogens is 146 g/mol.